The number of rotatable bonds is 2. The highest BCUT2D eigenvalue weighted by molar-refractivity contribution is 7.13. The number of nitrogens with one attached hydrogen (secondary N) is 1. The van der Waals surface area contributed by atoms with Crippen LogP contribution >= 0.6 is 11.3 Å². The summed E-state index contributed by atoms with van der Waals surface area (Å²) in [5, 5.41) is 14.6. The van der Waals surface area contributed by atoms with Gasteiger partial charge in [-0.25, -0.2) is 4.98 Å². The summed E-state index contributed by atoms with van der Waals surface area (Å²) in [5.74, 6) is 0.815. The van der Waals surface area contributed by atoms with Crippen molar-refractivity contribution >= 4 is 17.2 Å². The lowest BCUT2D eigenvalue weighted by Crippen LogP contribution is -2.44. The van der Waals surface area contributed by atoms with E-state index >= 15 is 0 Å². The molecule has 1 aliphatic heterocycles. The SMILES string of the molecule is N#Cc1ccc(-c2cccs2)nc1N1CCNCC1. The first-order chi connectivity index (χ1) is 9.38. The molecule has 2 aromatic rings. The Bertz CT molecular complexity index is 594. The molecule has 0 spiro atoms. The number of pyridine rings is 1. The van der Waals surface area contributed by atoms with Gasteiger partial charge in [-0.15, -0.1) is 11.3 Å². The van der Waals surface area contributed by atoms with Gasteiger partial charge in [-0.3, -0.25) is 0 Å². The molecule has 0 radical (unpaired) electrons. The normalized spacial score (nSPS) is 15.2. The molecule has 0 aromatic carbocycles. The standard InChI is InChI=1S/C14H14N4S/c15-10-11-3-4-12(13-2-1-9-19-13)17-14(11)18-7-5-16-6-8-18/h1-4,9,16H,5-8H2. The average molecular weight is 270 g/mol. The minimum Gasteiger partial charge on any atom is -0.353 e. The monoisotopic (exact) mass is 270 g/mol. The van der Waals surface area contributed by atoms with Crippen LogP contribution in [0.1, 0.15) is 5.56 Å². The maximum Gasteiger partial charge on any atom is 0.147 e. The van der Waals surface area contributed by atoms with Gasteiger partial charge in [0.1, 0.15) is 11.9 Å². The molecule has 1 fully saturated rings. The van der Waals surface area contributed by atoms with Crippen molar-refractivity contribution in [3.63, 3.8) is 0 Å². The lowest BCUT2D eigenvalue weighted by atomic mass is 10.2. The maximum atomic E-state index is 9.24. The van der Waals surface area contributed by atoms with Gasteiger partial charge in [-0.2, -0.15) is 5.26 Å². The predicted octanol–water partition coefficient (Wildman–Crippen LogP) is 2.09. The van der Waals surface area contributed by atoms with Gasteiger partial charge in [0, 0.05) is 26.2 Å². The Morgan fingerprint density at radius 3 is 2.79 bits per heavy atom. The van der Waals surface area contributed by atoms with E-state index < -0.39 is 0 Å². The number of hydrogen-bond acceptors (Lipinski definition) is 5. The van der Waals surface area contributed by atoms with Crippen LogP contribution in [0.25, 0.3) is 10.6 Å². The highest BCUT2D eigenvalue weighted by Crippen LogP contribution is 2.27. The van der Waals surface area contributed by atoms with Crippen LogP contribution < -0.4 is 10.2 Å². The Morgan fingerprint density at radius 1 is 1.26 bits per heavy atom. The molecule has 5 heteroatoms. The molecule has 1 aliphatic rings. The fourth-order valence-electron chi connectivity index (χ4n) is 2.21. The molecule has 96 valence electrons. The molecule has 0 amide bonds. The van der Waals surface area contributed by atoms with Crippen LogP contribution in [0.15, 0.2) is 29.6 Å². The summed E-state index contributed by atoms with van der Waals surface area (Å²) in [4.78, 5) is 8.02. The van der Waals surface area contributed by atoms with Gasteiger partial charge in [-0.05, 0) is 23.6 Å². The lowest BCUT2D eigenvalue weighted by Gasteiger charge is -2.29. The minimum absolute atomic E-state index is 0.655. The molecule has 0 atom stereocenters. The van der Waals surface area contributed by atoms with Crippen molar-refractivity contribution in [1.29, 1.82) is 5.26 Å². The number of nitrogens with zero attached hydrogens (tertiary/aromatic N) is 3. The zero-order chi connectivity index (χ0) is 13.1. The number of anilines is 1. The van der Waals surface area contributed by atoms with Gasteiger partial charge in [-0.1, -0.05) is 6.07 Å². The molecule has 3 heterocycles. The smallest absolute Gasteiger partial charge is 0.147 e. The second kappa shape index (κ2) is 5.39. The van der Waals surface area contributed by atoms with Crippen LogP contribution in [0.5, 0.6) is 0 Å². The topological polar surface area (TPSA) is 52.0 Å². The highest BCUT2D eigenvalue weighted by Gasteiger charge is 2.16. The van der Waals surface area contributed by atoms with Crippen molar-refractivity contribution < 1.29 is 0 Å². The summed E-state index contributed by atoms with van der Waals surface area (Å²) in [6.45, 7) is 3.68. The molecule has 19 heavy (non-hydrogen) atoms. The van der Waals surface area contributed by atoms with E-state index in [1.165, 1.54) is 0 Å². The van der Waals surface area contributed by atoms with Crippen molar-refractivity contribution in [1.82, 2.24) is 10.3 Å². The third kappa shape index (κ3) is 2.46. The van der Waals surface area contributed by atoms with E-state index in [0.29, 0.717) is 5.56 Å². The van der Waals surface area contributed by atoms with Crippen molar-refractivity contribution in [3.8, 4) is 16.6 Å². The largest absolute Gasteiger partial charge is 0.353 e. The quantitative estimate of drug-likeness (QED) is 0.908. The first kappa shape index (κ1) is 12.2. The van der Waals surface area contributed by atoms with E-state index in [1.807, 2.05) is 23.6 Å². The van der Waals surface area contributed by atoms with Crippen LogP contribution in [0.4, 0.5) is 5.82 Å². The van der Waals surface area contributed by atoms with E-state index in [-0.39, 0.29) is 0 Å². The van der Waals surface area contributed by atoms with Gasteiger partial charge in [0.2, 0.25) is 0 Å². The fraction of sp³-hybridized carbons (Fsp3) is 0.286. The van der Waals surface area contributed by atoms with Crippen molar-refractivity contribution in [2.24, 2.45) is 0 Å². The summed E-state index contributed by atoms with van der Waals surface area (Å²) < 4.78 is 0. The van der Waals surface area contributed by atoms with Gasteiger partial charge in [0.15, 0.2) is 0 Å². The molecule has 4 nitrogen and oxygen atoms in total. The number of nitriles is 1. The zero-order valence-corrected chi connectivity index (χ0v) is 11.3. The Hall–Kier alpha value is -1.90. The minimum atomic E-state index is 0.655. The van der Waals surface area contributed by atoms with E-state index in [0.717, 1.165) is 42.6 Å². The summed E-state index contributed by atoms with van der Waals surface area (Å²) in [7, 11) is 0. The van der Waals surface area contributed by atoms with Crippen LogP contribution in [0, 0.1) is 11.3 Å². The Morgan fingerprint density at radius 2 is 2.11 bits per heavy atom. The molecule has 0 unspecified atom stereocenters. The Balaban J connectivity index is 2.00. The molecule has 0 aliphatic carbocycles. The van der Waals surface area contributed by atoms with Crippen LogP contribution in [0.2, 0.25) is 0 Å². The van der Waals surface area contributed by atoms with Gasteiger partial charge in [0.25, 0.3) is 0 Å². The summed E-state index contributed by atoms with van der Waals surface area (Å²) in [5.41, 5.74) is 1.60. The third-order valence-corrected chi connectivity index (χ3v) is 4.08. The van der Waals surface area contributed by atoms with Gasteiger partial charge >= 0.3 is 0 Å². The second-order valence-electron chi connectivity index (χ2n) is 4.39. The van der Waals surface area contributed by atoms with Crippen molar-refractivity contribution in [2.75, 3.05) is 31.1 Å². The number of piperazine rings is 1. The molecular formula is C14H14N4S. The van der Waals surface area contributed by atoms with Gasteiger partial charge < -0.3 is 10.2 Å². The van der Waals surface area contributed by atoms with E-state index in [4.69, 9.17) is 4.98 Å². The van der Waals surface area contributed by atoms with Crippen molar-refractivity contribution in [2.45, 2.75) is 0 Å². The number of thiophene rings is 1. The van der Waals surface area contributed by atoms with E-state index in [1.54, 1.807) is 11.3 Å². The second-order valence-corrected chi connectivity index (χ2v) is 5.34. The van der Waals surface area contributed by atoms with E-state index in [9.17, 15) is 5.26 Å². The summed E-state index contributed by atoms with van der Waals surface area (Å²) in [6.07, 6.45) is 0. The highest BCUT2D eigenvalue weighted by atomic mass is 32.1. The first-order valence-corrected chi connectivity index (χ1v) is 7.17. The molecule has 1 N–H and O–H groups in total. The van der Waals surface area contributed by atoms with Gasteiger partial charge in [0.05, 0.1) is 16.1 Å². The Labute approximate surface area is 116 Å². The summed E-state index contributed by atoms with van der Waals surface area (Å²) in [6, 6.07) is 10.1. The molecular weight excluding hydrogens is 256 g/mol. The third-order valence-electron chi connectivity index (χ3n) is 3.19. The molecule has 0 saturated carbocycles. The van der Waals surface area contributed by atoms with Crippen LogP contribution in [0.3, 0.4) is 0 Å². The number of hydrogen-bond donors (Lipinski definition) is 1. The van der Waals surface area contributed by atoms with E-state index in [2.05, 4.69) is 22.4 Å². The molecule has 0 bridgehead atoms. The van der Waals surface area contributed by atoms with Crippen molar-refractivity contribution in [3.05, 3.63) is 35.2 Å². The number of aromatic nitrogens is 1. The lowest BCUT2D eigenvalue weighted by molar-refractivity contribution is 0.585. The predicted molar refractivity (Wildman–Crippen MR) is 77.3 cm³/mol. The molecule has 1 saturated heterocycles. The van der Waals surface area contributed by atoms with Crippen LogP contribution in [-0.2, 0) is 0 Å². The Kier molecular flexibility index (Phi) is 3.45. The molecule has 2 aromatic heterocycles. The summed E-state index contributed by atoms with van der Waals surface area (Å²) >= 11 is 1.67. The zero-order valence-electron chi connectivity index (χ0n) is 10.5. The maximum absolute atomic E-state index is 9.24. The molecule has 3 rings (SSSR count). The first-order valence-electron chi connectivity index (χ1n) is 6.29. The average Bonchev–Trinajstić information content (AvgIpc) is 3.02. The van der Waals surface area contributed by atoms with Crippen LogP contribution in [-0.4, -0.2) is 31.2 Å². The fourth-order valence-corrected chi connectivity index (χ4v) is 2.91.